The molecule has 1 fully saturated rings. The van der Waals surface area contributed by atoms with Crippen molar-refractivity contribution in [2.24, 2.45) is 0 Å². The summed E-state index contributed by atoms with van der Waals surface area (Å²) in [6.07, 6.45) is -4.00. The molecule has 1 aromatic heterocycles. The summed E-state index contributed by atoms with van der Waals surface area (Å²) in [4.78, 5) is 16.8. The SMILES string of the molecule is Cc1ccc(S(=O)(=O)N2C(C)CN(c3ccc(C(F)(F)F)cn3)CC2C)cc1CC(=O)O. The molecule has 3 rings (SSSR count). The van der Waals surface area contributed by atoms with Crippen LogP contribution in [0.5, 0.6) is 0 Å². The fraction of sp³-hybridized carbons (Fsp3) is 0.429. The number of benzene rings is 1. The van der Waals surface area contributed by atoms with Crippen molar-refractivity contribution >= 4 is 21.8 Å². The van der Waals surface area contributed by atoms with Crippen LogP contribution in [-0.2, 0) is 27.4 Å². The van der Waals surface area contributed by atoms with E-state index in [0.717, 1.165) is 12.3 Å². The number of hydrogen-bond acceptors (Lipinski definition) is 5. The number of carboxylic acid groups (broad SMARTS) is 1. The Kier molecular flexibility index (Phi) is 6.52. The summed E-state index contributed by atoms with van der Waals surface area (Å²) in [7, 11) is -3.92. The smallest absolute Gasteiger partial charge is 0.417 e. The van der Waals surface area contributed by atoms with E-state index in [1.54, 1.807) is 31.7 Å². The highest BCUT2D eigenvalue weighted by Crippen LogP contribution is 2.31. The average molecular weight is 472 g/mol. The summed E-state index contributed by atoms with van der Waals surface area (Å²) >= 11 is 0. The first-order valence-corrected chi connectivity index (χ1v) is 11.4. The number of carbonyl (C=O) groups is 1. The van der Waals surface area contributed by atoms with E-state index in [1.807, 2.05) is 0 Å². The molecule has 2 unspecified atom stereocenters. The van der Waals surface area contributed by atoms with Gasteiger partial charge in [-0.1, -0.05) is 6.07 Å². The molecular formula is C21H24F3N3O4S. The third-order valence-corrected chi connectivity index (χ3v) is 7.60. The maximum Gasteiger partial charge on any atom is 0.417 e. The van der Waals surface area contributed by atoms with Crippen LogP contribution in [-0.4, -0.2) is 54.0 Å². The molecule has 1 aliphatic rings. The lowest BCUT2D eigenvalue weighted by atomic mass is 10.1. The second-order valence-corrected chi connectivity index (χ2v) is 9.84. The van der Waals surface area contributed by atoms with Crippen LogP contribution < -0.4 is 4.90 Å². The highest BCUT2D eigenvalue weighted by Gasteiger charge is 2.39. The highest BCUT2D eigenvalue weighted by atomic mass is 32.2. The first-order chi connectivity index (χ1) is 14.8. The molecule has 1 saturated heterocycles. The molecule has 2 aromatic rings. The summed E-state index contributed by atoms with van der Waals surface area (Å²) in [5, 5.41) is 9.08. The number of halogens is 3. The number of aryl methyl sites for hydroxylation is 1. The standard InChI is InChI=1S/C21H24F3N3O4S/c1-13-4-6-18(8-16(13)9-20(28)29)32(30,31)27-14(2)11-26(12-15(27)3)19-7-5-17(10-25-19)21(22,23)24/h4-8,10,14-15H,9,11-12H2,1-3H3,(H,28,29). The lowest BCUT2D eigenvalue weighted by Gasteiger charge is -2.43. The molecule has 1 N–H and O–H groups in total. The van der Waals surface area contributed by atoms with Gasteiger partial charge in [-0.3, -0.25) is 4.79 Å². The number of sulfonamides is 1. The van der Waals surface area contributed by atoms with Crippen molar-refractivity contribution in [3.05, 3.63) is 53.2 Å². The Bertz CT molecular complexity index is 1090. The predicted molar refractivity (Wildman–Crippen MR) is 112 cm³/mol. The van der Waals surface area contributed by atoms with Gasteiger partial charge >= 0.3 is 12.1 Å². The molecule has 0 spiro atoms. The van der Waals surface area contributed by atoms with Crippen molar-refractivity contribution in [1.29, 1.82) is 0 Å². The molecule has 2 heterocycles. The summed E-state index contributed by atoms with van der Waals surface area (Å²) in [5.41, 5.74) is 0.261. The molecule has 11 heteroatoms. The molecule has 2 atom stereocenters. The van der Waals surface area contributed by atoms with Crippen molar-refractivity contribution in [1.82, 2.24) is 9.29 Å². The van der Waals surface area contributed by atoms with Gasteiger partial charge in [0.1, 0.15) is 5.82 Å². The molecule has 0 bridgehead atoms. The Morgan fingerprint density at radius 3 is 2.28 bits per heavy atom. The van der Waals surface area contributed by atoms with Crippen LogP contribution in [0.3, 0.4) is 0 Å². The van der Waals surface area contributed by atoms with Crippen molar-refractivity contribution in [2.45, 2.75) is 50.3 Å². The minimum absolute atomic E-state index is 0.0131. The first kappa shape index (κ1) is 24.0. The fourth-order valence-electron chi connectivity index (χ4n) is 3.99. The van der Waals surface area contributed by atoms with Gasteiger partial charge in [0, 0.05) is 31.4 Å². The quantitative estimate of drug-likeness (QED) is 0.720. The molecular weight excluding hydrogens is 447 g/mol. The Morgan fingerprint density at radius 1 is 1.16 bits per heavy atom. The van der Waals surface area contributed by atoms with Gasteiger partial charge in [0.2, 0.25) is 10.0 Å². The van der Waals surface area contributed by atoms with Gasteiger partial charge in [0.05, 0.1) is 16.9 Å². The molecule has 0 radical (unpaired) electrons. The van der Waals surface area contributed by atoms with E-state index in [4.69, 9.17) is 5.11 Å². The van der Waals surface area contributed by atoms with E-state index in [-0.39, 0.29) is 24.4 Å². The van der Waals surface area contributed by atoms with Crippen LogP contribution in [0.15, 0.2) is 41.4 Å². The van der Waals surface area contributed by atoms with E-state index in [1.165, 1.54) is 22.5 Å². The molecule has 0 aliphatic carbocycles. The number of hydrogen-bond donors (Lipinski definition) is 1. The number of aromatic nitrogens is 1. The predicted octanol–water partition coefficient (Wildman–Crippen LogP) is 3.32. The number of rotatable bonds is 5. The second kappa shape index (κ2) is 8.70. The number of alkyl halides is 3. The van der Waals surface area contributed by atoms with E-state index in [2.05, 4.69) is 4.98 Å². The summed E-state index contributed by atoms with van der Waals surface area (Å²) in [5.74, 6) is -0.713. The summed E-state index contributed by atoms with van der Waals surface area (Å²) in [6.45, 7) is 5.65. The van der Waals surface area contributed by atoms with Crippen LogP contribution in [0.4, 0.5) is 19.0 Å². The number of carboxylic acids is 1. The monoisotopic (exact) mass is 471 g/mol. The second-order valence-electron chi connectivity index (χ2n) is 8.00. The Morgan fingerprint density at radius 2 is 1.78 bits per heavy atom. The summed E-state index contributed by atoms with van der Waals surface area (Å²) in [6, 6.07) is 5.69. The molecule has 32 heavy (non-hydrogen) atoms. The molecule has 174 valence electrons. The molecule has 0 amide bonds. The van der Waals surface area contributed by atoms with Gasteiger partial charge < -0.3 is 10.0 Å². The number of pyridine rings is 1. The number of piperazine rings is 1. The van der Waals surface area contributed by atoms with Crippen molar-refractivity contribution < 1.29 is 31.5 Å². The Balaban J connectivity index is 1.84. The van der Waals surface area contributed by atoms with Crippen molar-refractivity contribution in [3.63, 3.8) is 0 Å². The minimum Gasteiger partial charge on any atom is -0.481 e. The Hall–Kier alpha value is -2.66. The zero-order chi connectivity index (χ0) is 23.8. The van der Waals surface area contributed by atoms with E-state index >= 15 is 0 Å². The highest BCUT2D eigenvalue weighted by molar-refractivity contribution is 7.89. The van der Waals surface area contributed by atoms with Crippen LogP contribution in [0.2, 0.25) is 0 Å². The maximum absolute atomic E-state index is 13.4. The van der Waals surface area contributed by atoms with E-state index in [0.29, 0.717) is 16.9 Å². The van der Waals surface area contributed by atoms with Gasteiger partial charge in [-0.25, -0.2) is 13.4 Å². The van der Waals surface area contributed by atoms with Crippen LogP contribution >= 0.6 is 0 Å². The zero-order valence-electron chi connectivity index (χ0n) is 17.8. The third kappa shape index (κ3) is 4.88. The normalized spacial score (nSPS) is 20.4. The zero-order valence-corrected chi connectivity index (χ0v) is 18.6. The molecule has 7 nitrogen and oxygen atoms in total. The van der Waals surface area contributed by atoms with E-state index < -0.39 is 39.8 Å². The van der Waals surface area contributed by atoms with Crippen LogP contribution in [0.25, 0.3) is 0 Å². The lowest BCUT2D eigenvalue weighted by molar-refractivity contribution is -0.138. The number of nitrogens with zero attached hydrogens (tertiary/aromatic N) is 3. The first-order valence-electron chi connectivity index (χ1n) is 9.93. The largest absolute Gasteiger partial charge is 0.481 e. The van der Waals surface area contributed by atoms with Crippen LogP contribution in [0, 0.1) is 6.92 Å². The number of aliphatic carboxylic acids is 1. The van der Waals surface area contributed by atoms with Crippen molar-refractivity contribution in [3.8, 4) is 0 Å². The van der Waals surface area contributed by atoms with Gasteiger partial charge in [-0.05, 0) is 56.2 Å². The average Bonchev–Trinajstić information content (AvgIpc) is 2.68. The van der Waals surface area contributed by atoms with Crippen molar-refractivity contribution in [2.75, 3.05) is 18.0 Å². The third-order valence-electron chi connectivity index (χ3n) is 5.47. The minimum atomic E-state index is -4.48. The van der Waals surface area contributed by atoms with E-state index in [9.17, 15) is 26.4 Å². The fourth-order valence-corrected chi connectivity index (χ4v) is 5.85. The van der Waals surface area contributed by atoms with Crippen LogP contribution in [0.1, 0.15) is 30.5 Å². The topological polar surface area (TPSA) is 90.8 Å². The molecule has 0 saturated carbocycles. The van der Waals surface area contributed by atoms with Gasteiger partial charge in [-0.2, -0.15) is 17.5 Å². The van der Waals surface area contributed by atoms with Gasteiger partial charge in [-0.15, -0.1) is 0 Å². The van der Waals surface area contributed by atoms with Gasteiger partial charge in [0.15, 0.2) is 0 Å². The molecule has 1 aliphatic heterocycles. The lowest BCUT2D eigenvalue weighted by Crippen LogP contribution is -2.58. The number of anilines is 1. The Labute approximate surface area is 184 Å². The van der Waals surface area contributed by atoms with Gasteiger partial charge in [0.25, 0.3) is 0 Å². The summed E-state index contributed by atoms with van der Waals surface area (Å²) < 4.78 is 66.5. The maximum atomic E-state index is 13.4. The molecule has 1 aromatic carbocycles.